The van der Waals surface area contributed by atoms with E-state index in [0.717, 1.165) is 28.5 Å². The second kappa shape index (κ2) is 8.49. The van der Waals surface area contributed by atoms with E-state index in [2.05, 4.69) is 31.2 Å². The third kappa shape index (κ3) is 3.66. The van der Waals surface area contributed by atoms with Crippen molar-refractivity contribution >= 4 is 10.9 Å². The molecule has 30 heavy (non-hydrogen) atoms. The summed E-state index contributed by atoms with van der Waals surface area (Å²) in [5.74, 6) is 0. The van der Waals surface area contributed by atoms with Gasteiger partial charge in [-0.05, 0) is 42.0 Å². The molecule has 0 aliphatic carbocycles. The first kappa shape index (κ1) is 21.0. The van der Waals surface area contributed by atoms with Crippen molar-refractivity contribution in [1.82, 2.24) is 4.57 Å². The number of fused-ring (bicyclic) bond motifs is 1. The summed E-state index contributed by atoms with van der Waals surface area (Å²) in [6.07, 6.45) is -2.31. The smallest absolute Gasteiger partial charge is 0.163 e. The first-order valence-corrected chi connectivity index (χ1v) is 10.4. The highest BCUT2D eigenvalue weighted by Crippen LogP contribution is 2.35. The summed E-state index contributed by atoms with van der Waals surface area (Å²) in [5.41, 5.74) is 5.47. The second-order valence-corrected chi connectivity index (χ2v) is 8.10. The highest BCUT2D eigenvalue weighted by Gasteiger charge is 2.44. The number of rotatable bonds is 5. The van der Waals surface area contributed by atoms with Gasteiger partial charge in [0.1, 0.15) is 24.4 Å². The van der Waals surface area contributed by atoms with Gasteiger partial charge in [0.05, 0.1) is 12.1 Å². The van der Waals surface area contributed by atoms with Crippen LogP contribution in [0.25, 0.3) is 10.9 Å². The Bertz CT molecular complexity index is 1010. The topological polar surface area (TPSA) is 95.1 Å². The van der Waals surface area contributed by atoms with Crippen molar-refractivity contribution in [1.29, 1.82) is 0 Å². The fourth-order valence-electron chi connectivity index (χ4n) is 4.33. The lowest BCUT2D eigenvalue weighted by Crippen LogP contribution is -2.56. The minimum atomic E-state index is -1.41. The molecule has 1 fully saturated rings. The van der Waals surface area contributed by atoms with Crippen molar-refractivity contribution < 1.29 is 25.2 Å². The molecule has 3 aromatic rings. The zero-order valence-electron chi connectivity index (χ0n) is 17.3. The Hall–Kier alpha value is -2.22. The van der Waals surface area contributed by atoms with Gasteiger partial charge >= 0.3 is 0 Å². The van der Waals surface area contributed by atoms with Crippen LogP contribution >= 0.6 is 0 Å². The Kier molecular flexibility index (Phi) is 5.95. The lowest BCUT2D eigenvalue weighted by atomic mass is 9.98. The van der Waals surface area contributed by atoms with Crippen molar-refractivity contribution in [3.63, 3.8) is 0 Å². The number of para-hydroxylation sites is 1. The zero-order chi connectivity index (χ0) is 21.4. The standard InChI is InChI=1S/C24H29NO5/c1-3-15-7-9-16(10-8-15)11-17-12-25(20-14(2)5-4-6-18(17)20)24-23(29)22(28)21(27)19(13-26)30-24/h4-10,12,19,21-24,26-29H,3,11,13H2,1-2H3/t19-,21-,22+,23-,24-/m1/s1. The average Bonchev–Trinajstić information content (AvgIpc) is 3.12. The van der Waals surface area contributed by atoms with Crippen molar-refractivity contribution in [2.45, 2.75) is 57.3 Å². The summed E-state index contributed by atoms with van der Waals surface area (Å²) in [6.45, 7) is 3.67. The van der Waals surface area contributed by atoms with Crippen molar-refractivity contribution in [2.24, 2.45) is 0 Å². The van der Waals surface area contributed by atoms with E-state index in [1.165, 1.54) is 11.1 Å². The molecule has 0 bridgehead atoms. The number of hydrogen-bond acceptors (Lipinski definition) is 5. The molecule has 4 rings (SSSR count). The molecule has 5 atom stereocenters. The molecule has 6 nitrogen and oxygen atoms in total. The lowest BCUT2D eigenvalue weighted by Gasteiger charge is -2.40. The minimum absolute atomic E-state index is 0.448. The number of benzene rings is 2. The van der Waals surface area contributed by atoms with E-state index in [-0.39, 0.29) is 0 Å². The van der Waals surface area contributed by atoms with Crippen LogP contribution in [0.3, 0.4) is 0 Å². The highest BCUT2D eigenvalue weighted by molar-refractivity contribution is 5.87. The molecule has 2 aromatic carbocycles. The summed E-state index contributed by atoms with van der Waals surface area (Å²) in [4.78, 5) is 0. The van der Waals surface area contributed by atoms with Gasteiger partial charge in [0, 0.05) is 11.6 Å². The molecule has 4 N–H and O–H groups in total. The minimum Gasteiger partial charge on any atom is -0.394 e. The van der Waals surface area contributed by atoms with E-state index in [0.29, 0.717) is 6.42 Å². The molecular formula is C24H29NO5. The first-order valence-electron chi connectivity index (χ1n) is 10.4. The SMILES string of the molecule is CCc1ccc(Cc2cn([C@@H]3O[C@H](CO)[C@@H](O)[C@H](O)[C@H]3O)c3c(C)cccc23)cc1. The fraction of sp³-hybridized carbons (Fsp3) is 0.417. The van der Waals surface area contributed by atoms with E-state index in [9.17, 15) is 20.4 Å². The van der Waals surface area contributed by atoms with Crippen LogP contribution in [-0.4, -0.2) is 56.0 Å². The Labute approximate surface area is 176 Å². The van der Waals surface area contributed by atoms with Crippen LogP contribution in [0.1, 0.15) is 35.4 Å². The lowest BCUT2D eigenvalue weighted by molar-refractivity contribution is -0.250. The van der Waals surface area contributed by atoms with Gasteiger partial charge in [-0.15, -0.1) is 0 Å². The van der Waals surface area contributed by atoms with Gasteiger partial charge < -0.3 is 29.7 Å². The van der Waals surface area contributed by atoms with Crippen LogP contribution in [-0.2, 0) is 17.6 Å². The van der Waals surface area contributed by atoms with E-state index in [1.807, 2.05) is 35.9 Å². The second-order valence-electron chi connectivity index (χ2n) is 8.10. The maximum atomic E-state index is 10.6. The quantitative estimate of drug-likeness (QED) is 0.516. The number of aryl methyl sites for hydroxylation is 2. The summed E-state index contributed by atoms with van der Waals surface area (Å²) in [6, 6.07) is 14.6. The van der Waals surface area contributed by atoms with Gasteiger partial charge in [0.25, 0.3) is 0 Å². The molecule has 1 aliphatic rings. The monoisotopic (exact) mass is 411 g/mol. The molecule has 0 spiro atoms. The molecule has 2 heterocycles. The highest BCUT2D eigenvalue weighted by atomic mass is 16.6. The number of aromatic nitrogens is 1. The molecule has 0 radical (unpaired) electrons. The van der Waals surface area contributed by atoms with Gasteiger partial charge in [-0.3, -0.25) is 0 Å². The fourth-order valence-corrected chi connectivity index (χ4v) is 4.33. The number of ether oxygens (including phenoxy) is 1. The summed E-state index contributed by atoms with van der Waals surface area (Å²) in [5, 5.41) is 41.6. The van der Waals surface area contributed by atoms with Gasteiger partial charge in [-0.2, -0.15) is 0 Å². The van der Waals surface area contributed by atoms with Crippen LogP contribution in [0.5, 0.6) is 0 Å². The van der Waals surface area contributed by atoms with Gasteiger partial charge in [-0.1, -0.05) is 49.4 Å². The molecule has 0 saturated carbocycles. The van der Waals surface area contributed by atoms with Crippen molar-refractivity contribution in [3.8, 4) is 0 Å². The maximum Gasteiger partial charge on any atom is 0.163 e. The van der Waals surface area contributed by atoms with Crippen LogP contribution in [0.4, 0.5) is 0 Å². The van der Waals surface area contributed by atoms with Crippen LogP contribution in [0.15, 0.2) is 48.7 Å². The molecule has 0 unspecified atom stereocenters. The molecule has 1 aliphatic heterocycles. The Morgan fingerprint density at radius 2 is 1.63 bits per heavy atom. The largest absolute Gasteiger partial charge is 0.394 e. The Balaban J connectivity index is 1.76. The average molecular weight is 411 g/mol. The zero-order valence-corrected chi connectivity index (χ0v) is 17.3. The van der Waals surface area contributed by atoms with E-state index in [1.54, 1.807) is 0 Å². The predicted octanol–water partition coefficient (Wildman–Crippen LogP) is 2.08. The van der Waals surface area contributed by atoms with Gasteiger partial charge in [-0.25, -0.2) is 0 Å². The summed E-state index contributed by atoms with van der Waals surface area (Å²) >= 11 is 0. The van der Waals surface area contributed by atoms with Crippen LogP contribution < -0.4 is 0 Å². The first-order chi connectivity index (χ1) is 14.4. The Morgan fingerprint density at radius 1 is 0.933 bits per heavy atom. The van der Waals surface area contributed by atoms with Gasteiger partial charge in [0.2, 0.25) is 0 Å². The maximum absolute atomic E-state index is 10.6. The predicted molar refractivity (Wildman–Crippen MR) is 114 cm³/mol. The Morgan fingerprint density at radius 3 is 2.30 bits per heavy atom. The molecular weight excluding hydrogens is 382 g/mol. The summed E-state index contributed by atoms with van der Waals surface area (Å²) in [7, 11) is 0. The third-order valence-corrected chi connectivity index (χ3v) is 6.10. The molecule has 0 amide bonds. The number of aliphatic hydroxyl groups is 4. The molecule has 160 valence electrons. The van der Waals surface area contributed by atoms with E-state index >= 15 is 0 Å². The number of hydrogen-bond donors (Lipinski definition) is 4. The summed E-state index contributed by atoms with van der Waals surface area (Å²) < 4.78 is 7.65. The molecule has 1 aromatic heterocycles. The van der Waals surface area contributed by atoms with Gasteiger partial charge in [0.15, 0.2) is 6.23 Å². The van der Waals surface area contributed by atoms with Crippen molar-refractivity contribution in [2.75, 3.05) is 6.61 Å². The van der Waals surface area contributed by atoms with E-state index < -0.39 is 37.3 Å². The van der Waals surface area contributed by atoms with Crippen LogP contribution in [0, 0.1) is 6.92 Å². The molecule has 1 saturated heterocycles. The molecule has 6 heteroatoms. The third-order valence-electron chi connectivity index (χ3n) is 6.10. The number of aliphatic hydroxyl groups excluding tert-OH is 4. The van der Waals surface area contributed by atoms with E-state index in [4.69, 9.17) is 4.74 Å². The normalized spacial score (nSPS) is 26.9. The number of nitrogens with zero attached hydrogens (tertiary/aromatic N) is 1. The van der Waals surface area contributed by atoms with Crippen molar-refractivity contribution in [3.05, 3.63) is 70.9 Å². The van der Waals surface area contributed by atoms with Crippen LogP contribution in [0.2, 0.25) is 0 Å².